The topological polar surface area (TPSA) is 173 Å². The Labute approximate surface area is 842 Å². The fraction of sp³-hybridized carbons (Fsp3) is 0.218. The first-order chi connectivity index (χ1) is 70.3. The van der Waals surface area contributed by atoms with Gasteiger partial charge in [0.05, 0.1) is 116 Å². The zero-order chi connectivity index (χ0) is 99.3. The maximum atomic E-state index is 5.17. The van der Waals surface area contributed by atoms with E-state index >= 15 is 0 Å². The minimum Gasteiger partial charge on any atom is -0.253 e. The molecular formula is C124H123N20+5. The summed E-state index contributed by atoms with van der Waals surface area (Å²) in [4.78, 5) is 47.9. The molecule has 2 aliphatic carbocycles. The first kappa shape index (κ1) is 95.0. The van der Waals surface area contributed by atoms with Gasteiger partial charge in [0.1, 0.15) is 29.7 Å². The van der Waals surface area contributed by atoms with Gasteiger partial charge in [0, 0.05) is 29.2 Å². The molecule has 2 aliphatic rings. The van der Waals surface area contributed by atoms with Gasteiger partial charge >= 0.3 is 0 Å². The van der Waals surface area contributed by atoms with Gasteiger partial charge in [-0.25, -0.2) is 62.7 Å². The third kappa shape index (κ3) is 18.3. The third-order valence-electron chi connectivity index (χ3n) is 28.8. The first-order valence-corrected chi connectivity index (χ1v) is 50.3. The minimum absolute atomic E-state index is 0.484. The van der Waals surface area contributed by atoms with Crippen LogP contribution in [0, 0.1) is 69.2 Å². The Morgan fingerprint density at radius 2 is 0.569 bits per heavy atom. The van der Waals surface area contributed by atoms with E-state index in [9.17, 15) is 0 Å². The van der Waals surface area contributed by atoms with Crippen molar-refractivity contribution in [3.8, 4) is 108 Å². The third-order valence-corrected chi connectivity index (χ3v) is 28.8. The number of nitrogens with zero attached hydrogens (tertiary/aromatic N) is 20. The predicted octanol–water partition coefficient (Wildman–Crippen LogP) is 25.1. The summed E-state index contributed by atoms with van der Waals surface area (Å²) >= 11 is 0. The van der Waals surface area contributed by atoms with E-state index in [-0.39, 0.29) is 0 Å². The van der Waals surface area contributed by atoms with Crippen molar-refractivity contribution in [2.75, 3.05) is 0 Å². The highest BCUT2D eigenvalue weighted by atomic mass is 15.2. The monoisotopic (exact) mass is 1890 g/mol. The van der Waals surface area contributed by atoms with Crippen LogP contribution in [0.15, 0.2) is 341 Å². The lowest BCUT2D eigenvalue weighted by Crippen LogP contribution is -2.30. The molecule has 22 aromatic rings. The molecular weight excluding hydrogens is 1770 g/mol. The number of aromatic nitrogens is 20. The Bertz CT molecular complexity index is 8480. The summed E-state index contributed by atoms with van der Waals surface area (Å²) in [5, 5.41) is 0. The van der Waals surface area contributed by atoms with Crippen molar-refractivity contribution in [3.63, 3.8) is 0 Å². The average Bonchev–Trinajstić information content (AvgIpc) is 1.58. The van der Waals surface area contributed by atoms with Gasteiger partial charge in [0.25, 0.3) is 34.9 Å². The number of aryl methyl sites for hydroxylation is 15. The summed E-state index contributed by atoms with van der Waals surface area (Å²) in [5.74, 6) is 9.42. The normalized spacial score (nSPS) is 12.8. The van der Waals surface area contributed by atoms with Crippen LogP contribution in [0.4, 0.5) is 0 Å². The maximum absolute atomic E-state index is 5.17. The maximum Gasteiger partial charge on any atom is 0.296 e. The largest absolute Gasteiger partial charge is 0.296 e. The summed E-state index contributed by atoms with van der Waals surface area (Å²) in [7, 11) is 10.7. The molecule has 12 aromatic carbocycles. The molecule has 0 unspecified atom stereocenters. The van der Waals surface area contributed by atoms with Gasteiger partial charge in [-0.1, -0.05) is 251 Å². The van der Waals surface area contributed by atoms with Crippen LogP contribution in [0.5, 0.6) is 0 Å². The van der Waals surface area contributed by atoms with Crippen LogP contribution in [0.3, 0.4) is 0 Å². The van der Waals surface area contributed by atoms with Gasteiger partial charge in [-0.3, -0.25) is 9.97 Å². The number of rotatable bonds is 14. The molecule has 0 amide bonds. The molecule has 714 valence electrons. The number of imidazole rings is 5. The second-order valence-electron chi connectivity index (χ2n) is 38.3. The molecule has 24 rings (SSSR count). The number of hydrogen-bond donors (Lipinski definition) is 0. The van der Waals surface area contributed by atoms with Crippen molar-refractivity contribution >= 4 is 55.2 Å². The Hall–Kier alpha value is -16.6. The molecule has 20 heteroatoms. The lowest BCUT2D eigenvalue weighted by atomic mass is 9.86. The van der Waals surface area contributed by atoms with E-state index in [1.54, 1.807) is 12.7 Å². The molecule has 0 N–H and O–H groups in total. The lowest BCUT2D eigenvalue weighted by Gasteiger charge is -2.22. The van der Waals surface area contributed by atoms with Gasteiger partial charge in [0.15, 0.2) is 66.5 Å². The first-order valence-electron chi connectivity index (χ1n) is 50.3. The Morgan fingerprint density at radius 1 is 0.250 bits per heavy atom. The van der Waals surface area contributed by atoms with Crippen molar-refractivity contribution in [1.29, 1.82) is 0 Å². The molecule has 0 aliphatic heterocycles. The minimum atomic E-state index is 0.484. The SMILES string of the molecule is Cc1ccccc1-c1n(-c2c(C)ncnc2C)c2ccccc2[n+]1C.Cc1ccccc1-c1n(-c2cncnc2C)c2ccccc2[n+]1C.Cc1ccccc1-c1n(-c2ncc(-c3ccccc3)nc2-c2ccccc2)c2ccccc2[n+]1C.Cc1cnc(-n2c(-c3ccccc3C)[n+](C)c3ccccc32)c(C2CCCCC2)n1.Cc1cnc(C2CCCCC2)c(-n2c(-c3ccccc3C)[n+](C)c3ccccc32)n1. The number of hydrogen-bond acceptors (Lipinski definition) is 10. The van der Waals surface area contributed by atoms with Crippen molar-refractivity contribution in [1.82, 2.24) is 72.7 Å². The Morgan fingerprint density at radius 3 is 0.986 bits per heavy atom. The van der Waals surface area contributed by atoms with Crippen LogP contribution in [-0.4, -0.2) is 72.7 Å². The van der Waals surface area contributed by atoms with Crippen molar-refractivity contribution < 1.29 is 22.8 Å². The van der Waals surface area contributed by atoms with Crippen LogP contribution >= 0.6 is 0 Å². The molecule has 0 saturated heterocycles. The Kier molecular flexibility index (Phi) is 27.5. The Balaban J connectivity index is 0.000000111. The van der Waals surface area contributed by atoms with Crippen molar-refractivity contribution in [3.05, 3.63) is 408 Å². The number of para-hydroxylation sites is 10. The molecule has 20 nitrogen and oxygen atoms in total. The second-order valence-corrected chi connectivity index (χ2v) is 38.3. The molecule has 0 radical (unpaired) electrons. The zero-order valence-corrected chi connectivity index (χ0v) is 85.0. The zero-order valence-electron chi connectivity index (χ0n) is 85.0. The molecule has 10 heterocycles. The molecule has 0 atom stereocenters. The van der Waals surface area contributed by atoms with E-state index in [2.05, 4.69) is 409 Å². The predicted molar refractivity (Wildman–Crippen MR) is 577 cm³/mol. The van der Waals surface area contributed by atoms with Crippen molar-refractivity contribution in [2.24, 2.45) is 35.2 Å². The highest BCUT2D eigenvalue weighted by Crippen LogP contribution is 2.43. The number of benzene rings is 12. The highest BCUT2D eigenvalue weighted by Gasteiger charge is 2.38. The standard InChI is InChI=1S/C31H25N4.2C26H29N4.C21H21N4.C20H19N4/c1-22-13-9-10-18-25(22)31-34(2)27-19-11-12-20-28(27)35(31)30-29(24-16-7-4-8-17-24)33-26(21-32-30)23-14-5-3-6-15-23;1-18-11-7-8-14-21(18)26-29(3)22-15-9-10-16-23(22)30(26)25-24(28-19(2)17-27-25)20-12-5-4-6-13-20;1-18-11-7-8-14-21(18)26-29(3)22-15-9-10-16-23(22)30(26)25-24(27-17-19(2)28-25)20-12-5-4-6-13-20;1-14-9-5-6-10-17(14)21-24(4)18-11-7-8-12-19(18)25(21)20-15(2)22-13-23-16(20)3;1-14-8-4-5-9-16(14)20-23(3)17-10-6-7-11-18(17)24(20)19-12-21-13-22-15(19)2/h3-21H,1-2H3;2*7-11,14-17,20H,4-6,12-13H2,1-3H3;5-13H,1-4H3;4-13H,1-3H3/q5*+1. The van der Waals surface area contributed by atoms with E-state index in [1.807, 2.05) is 88.9 Å². The summed E-state index contributed by atoms with van der Waals surface area (Å²) in [6, 6.07) is 106. The summed E-state index contributed by atoms with van der Waals surface area (Å²) in [6.45, 7) is 21.0. The lowest BCUT2D eigenvalue weighted by molar-refractivity contribution is -0.634. The highest BCUT2D eigenvalue weighted by molar-refractivity contribution is 5.86. The van der Waals surface area contributed by atoms with Crippen LogP contribution in [0.25, 0.3) is 163 Å². The van der Waals surface area contributed by atoms with E-state index in [4.69, 9.17) is 29.9 Å². The van der Waals surface area contributed by atoms with Gasteiger partial charge in [-0.2, -0.15) is 22.8 Å². The van der Waals surface area contributed by atoms with E-state index in [0.717, 1.165) is 142 Å². The van der Waals surface area contributed by atoms with Crippen LogP contribution in [0.2, 0.25) is 0 Å². The summed E-state index contributed by atoms with van der Waals surface area (Å²) in [6.07, 6.45) is 23.5. The fourth-order valence-corrected chi connectivity index (χ4v) is 21.5. The van der Waals surface area contributed by atoms with E-state index in [0.29, 0.717) is 11.8 Å². The molecule has 0 spiro atoms. The van der Waals surface area contributed by atoms with E-state index in [1.165, 1.54) is 153 Å². The molecule has 0 bridgehead atoms. The van der Waals surface area contributed by atoms with Gasteiger partial charge in [-0.15, -0.1) is 0 Å². The summed E-state index contributed by atoms with van der Waals surface area (Å²) in [5.41, 5.74) is 36.9. The van der Waals surface area contributed by atoms with Crippen molar-refractivity contribution in [2.45, 2.75) is 145 Å². The van der Waals surface area contributed by atoms with Gasteiger partial charge < -0.3 is 0 Å². The molecule has 10 aromatic heterocycles. The fourth-order valence-electron chi connectivity index (χ4n) is 21.5. The summed E-state index contributed by atoms with van der Waals surface area (Å²) < 4.78 is 22.8. The van der Waals surface area contributed by atoms with Crippen LogP contribution in [0.1, 0.15) is 144 Å². The van der Waals surface area contributed by atoms with Crippen LogP contribution in [-0.2, 0) is 35.2 Å². The molecule has 2 fully saturated rings. The quantitative estimate of drug-likeness (QED) is 0.0954. The smallest absolute Gasteiger partial charge is 0.253 e. The molecule has 144 heavy (non-hydrogen) atoms. The van der Waals surface area contributed by atoms with E-state index < -0.39 is 0 Å². The van der Waals surface area contributed by atoms with Gasteiger partial charge in [-0.05, 0) is 214 Å². The van der Waals surface area contributed by atoms with Gasteiger partial charge in [0.2, 0.25) is 11.6 Å². The van der Waals surface area contributed by atoms with Crippen LogP contribution < -0.4 is 22.8 Å². The molecule has 2 saturated carbocycles. The average molecular weight is 1890 g/mol. The number of fused-ring (bicyclic) bond motifs is 5. The second kappa shape index (κ2) is 41.7.